The van der Waals surface area contributed by atoms with Crippen LogP contribution in [0.1, 0.15) is 5.56 Å². The highest BCUT2D eigenvalue weighted by Gasteiger charge is 1.91. The topological polar surface area (TPSA) is 51.8 Å². The molecule has 0 bridgehead atoms. The SMILES string of the molecule is Cc1ccc(N=NN(C)CC#N)cc1. The van der Waals surface area contributed by atoms with E-state index in [0.717, 1.165) is 5.69 Å². The van der Waals surface area contributed by atoms with Crippen LogP contribution in [0.4, 0.5) is 5.69 Å². The monoisotopic (exact) mass is 188 g/mol. The molecule has 0 saturated heterocycles. The maximum atomic E-state index is 8.38. The van der Waals surface area contributed by atoms with Crippen LogP contribution in [0.15, 0.2) is 34.6 Å². The Morgan fingerprint density at radius 2 is 2.00 bits per heavy atom. The molecule has 4 heteroatoms. The highest BCUT2D eigenvalue weighted by atomic mass is 15.5. The second-order valence-corrected chi connectivity index (χ2v) is 3.00. The Labute approximate surface area is 83.5 Å². The normalized spacial score (nSPS) is 10.1. The number of hydrogen-bond donors (Lipinski definition) is 0. The molecular formula is C10H12N4. The van der Waals surface area contributed by atoms with Crippen molar-refractivity contribution in [3.05, 3.63) is 29.8 Å². The molecule has 0 aliphatic heterocycles. The fourth-order valence-electron chi connectivity index (χ4n) is 0.873. The maximum Gasteiger partial charge on any atom is 0.124 e. The first-order chi connectivity index (χ1) is 6.72. The number of rotatable bonds is 3. The summed E-state index contributed by atoms with van der Waals surface area (Å²) in [5.41, 5.74) is 1.98. The molecule has 1 rings (SSSR count). The quantitative estimate of drug-likeness (QED) is 0.415. The van der Waals surface area contributed by atoms with Crippen molar-refractivity contribution in [1.82, 2.24) is 5.01 Å². The average Bonchev–Trinajstić information content (AvgIpc) is 2.17. The number of nitrogens with zero attached hydrogens (tertiary/aromatic N) is 4. The number of hydrogen-bond acceptors (Lipinski definition) is 3. The van der Waals surface area contributed by atoms with E-state index in [9.17, 15) is 0 Å². The van der Waals surface area contributed by atoms with E-state index in [1.165, 1.54) is 10.6 Å². The molecule has 0 radical (unpaired) electrons. The highest BCUT2D eigenvalue weighted by molar-refractivity contribution is 5.37. The summed E-state index contributed by atoms with van der Waals surface area (Å²) in [4.78, 5) is 0. The molecule has 0 saturated carbocycles. The van der Waals surface area contributed by atoms with Crippen LogP contribution in [0.25, 0.3) is 0 Å². The number of benzene rings is 1. The fourth-order valence-corrected chi connectivity index (χ4v) is 0.873. The Kier molecular flexibility index (Phi) is 3.62. The Morgan fingerprint density at radius 3 is 2.57 bits per heavy atom. The lowest BCUT2D eigenvalue weighted by molar-refractivity contribution is 0.373. The maximum absolute atomic E-state index is 8.38. The van der Waals surface area contributed by atoms with E-state index >= 15 is 0 Å². The van der Waals surface area contributed by atoms with Crippen LogP contribution in [-0.4, -0.2) is 18.6 Å². The summed E-state index contributed by atoms with van der Waals surface area (Å²) >= 11 is 0. The first kappa shape index (κ1) is 10.2. The Hall–Kier alpha value is -1.89. The third-order valence-electron chi connectivity index (χ3n) is 1.65. The first-order valence-electron chi connectivity index (χ1n) is 4.29. The average molecular weight is 188 g/mol. The summed E-state index contributed by atoms with van der Waals surface area (Å²) in [5.74, 6) is 0. The van der Waals surface area contributed by atoms with Crippen LogP contribution in [-0.2, 0) is 0 Å². The van der Waals surface area contributed by atoms with Crippen molar-refractivity contribution in [2.75, 3.05) is 13.6 Å². The summed E-state index contributed by atoms with van der Waals surface area (Å²) < 4.78 is 0. The predicted octanol–water partition coefficient (Wildman–Crippen LogP) is 2.45. The van der Waals surface area contributed by atoms with Crippen molar-refractivity contribution in [1.29, 1.82) is 5.26 Å². The largest absolute Gasteiger partial charge is 0.267 e. The Balaban J connectivity index is 2.60. The molecular weight excluding hydrogens is 176 g/mol. The van der Waals surface area contributed by atoms with Crippen molar-refractivity contribution in [2.45, 2.75) is 6.92 Å². The van der Waals surface area contributed by atoms with Gasteiger partial charge in [-0.2, -0.15) is 5.26 Å². The Morgan fingerprint density at radius 1 is 1.36 bits per heavy atom. The first-order valence-corrected chi connectivity index (χ1v) is 4.29. The van der Waals surface area contributed by atoms with Gasteiger partial charge in [-0.15, -0.1) is 5.11 Å². The molecule has 0 unspecified atom stereocenters. The molecule has 0 heterocycles. The molecule has 0 spiro atoms. The van der Waals surface area contributed by atoms with E-state index in [2.05, 4.69) is 10.3 Å². The molecule has 1 aromatic carbocycles. The molecule has 72 valence electrons. The lowest BCUT2D eigenvalue weighted by Crippen LogP contribution is -2.09. The number of aryl methyl sites for hydroxylation is 1. The minimum absolute atomic E-state index is 0.245. The molecule has 14 heavy (non-hydrogen) atoms. The Bertz CT molecular complexity index is 347. The van der Waals surface area contributed by atoms with Crippen LogP contribution >= 0.6 is 0 Å². The van der Waals surface area contributed by atoms with Crippen LogP contribution in [0.5, 0.6) is 0 Å². The summed E-state index contributed by atoms with van der Waals surface area (Å²) in [7, 11) is 1.71. The molecule has 0 fully saturated rings. The van der Waals surface area contributed by atoms with Gasteiger partial charge in [-0.05, 0) is 19.1 Å². The van der Waals surface area contributed by atoms with Crippen molar-refractivity contribution in [2.24, 2.45) is 10.3 Å². The summed E-state index contributed by atoms with van der Waals surface area (Å²) in [6.45, 7) is 2.26. The molecule has 1 aromatic rings. The van der Waals surface area contributed by atoms with Gasteiger partial charge in [0.2, 0.25) is 0 Å². The zero-order valence-corrected chi connectivity index (χ0v) is 8.31. The van der Waals surface area contributed by atoms with Crippen molar-refractivity contribution in [3.63, 3.8) is 0 Å². The van der Waals surface area contributed by atoms with Crippen LogP contribution in [0, 0.1) is 18.3 Å². The minimum Gasteiger partial charge on any atom is -0.267 e. The third kappa shape index (κ3) is 3.23. The van der Waals surface area contributed by atoms with E-state index in [1.807, 2.05) is 37.3 Å². The third-order valence-corrected chi connectivity index (χ3v) is 1.65. The predicted molar refractivity (Wildman–Crippen MR) is 53.9 cm³/mol. The van der Waals surface area contributed by atoms with E-state index in [1.54, 1.807) is 7.05 Å². The highest BCUT2D eigenvalue weighted by Crippen LogP contribution is 2.12. The summed E-state index contributed by atoms with van der Waals surface area (Å²) in [6, 6.07) is 9.70. The van der Waals surface area contributed by atoms with Crippen molar-refractivity contribution < 1.29 is 0 Å². The van der Waals surface area contributed by atoms with Gasteiger partial charge < -0.3 is 0 Å². The smallest absolute Gasteiger partial charge is 0.124 e. The zero-order valence-electron chi connectivity index (χ0n) is 8.31. The van der Waals surface area contributed by atoms with Gasteiger partial charge in [-0.3, -0.25) is 5.01 Å². The van der Waals surface area contributed by atoms with E-state index in [0.29, 0.717) is 0 Å². The van der Waals surface area contributed by atoms with Gasteiger partial charge in [-0.25, -0.2) is 0 Å². The van der Waals surface area contributed by atoms with Gasteiger partial charge in [0.1, 0.15) is 6.54 Å². The standard InChI is InChI=1S/C10H12N4/c1-9-3-5-10(6-4-9)12-13-14(2)8-7-11/h3-6H,8H2,1-2H3. The molecule has 0 aromatic heterocycles. The summed E-state index contributed by atoms with van der Waals surface area (Å²) in [6.07, 6.45) is 0. The van der Waals surface area contributed by atoms with Gasteiger partial charge in [0, 0.05) is 7.05 Å². The van der Waals surface area contributed by atoms with Crippen molar-refractivity contribution in [3.8, 4) is 6.07 Å². The van der Waals surface area contributed by atoms with Crippen LogP contribution in [0.3, 0.4) is 0 Å². The second kappa shape index (κ2) is 4.97. The van der Waals surface area contributed by atoms with E-state index < -0.39 is 0 Å². The molecule has 0 amide bonds. The fraction of sp³-hybridized carbons (Fsp3) is 0.300. The van der Waals surface area contributed by atoms with E-state index in [-0.39, 0.29) is 6.54 Å². The zero-order chi connectivity index (χ0) is 10.4. The molecule has 4 nitrogen and oxygen atoms in total. The van der Waals surface area contributed by atoms with Gasteiger partial charge in [0.25, 0.3) is 0 Å². The number of nitriles is 1. The van der Waals surface area contributed by atoms with E-state index in [4.69, 9.17) is 5.26 Å². The molecule has 0 aliphatic carbocycles. The minimum atomic E-state index is 0.245. The summed E-state index contributed by atoms with van der Waals surface area (Å²) in [5, 5.41) is 17.7. The van der Waals surface area contributed by atoms with Gasteiger partial charge in [-0.1, -0.05) is 22.9 Å². The molecule has 0 N–H and O–H groups in total. The second-order valence-electron chi connectivity index (χ2n) is 3.00. The lowest BCUT2D eigenvalue weighted by Gasteiger charge is -2.03. The molecule has 0 atom stereocenters. The van der Waals surface area contributed by atoms with Gasteiger partial charge in [0.05, 0.1) is 11.8 Å². The van der Waals surface area contributed by atoms with Crippen LogP contribution < -0.4 is 0 Å². The lowest BCUT2D eigenvalue weighted by atomic mass is 10.2. The van der Waals surface area contributed by atoms with Crippen LogP contribution in [0.2, 0.25) is 0 Å². The van der Waals surface area contributed by atoms with Crippen molar-refractivity contribution >= 4 is 5.69 Å². The van der Waals surface area contributed by atoms with Gasteiger partial charge >= 0.3 is 0 Å². The molecule has 0 aliphatic rings. The van der Waals surface area contributed by atoms with Gasteiger partial charge in [0.15, 0.2) is 0 Å².